The van der Waals surface area contributed by atoms with Crippen LogP contribution in [-0.4, -0.2) is 247 Å². The third-order valence-electron chi connectivity index (χ3n) is 17.9. The van der Waals surface area contributed by atoms with E-state index in [0.29, 0.717) is 92.9 Å². The van der Waals surface area contributed by atoms with Crippen LogP contribution in [0.1, 0.15) is 76.0 Å². The van der Waals surface area contributed by atoms with Crippen LogP contribution in [0.2, 0.25) is 0 Å². The molecule has 560 valence electrons. The summed E-state index contributed by atoms with van der Waals surface area (Å²) in [6, 6.07) is 8.94. The topological polar surface area (TPSA) is 474 Å². The molecule has 3 aromatic carbocycles. The van der Waals surface area contributed by atoms with E-state index < -0.39 is 125 Å². The molecule has 1 aromatic heterocycles. The molecule has 22 N–H and O–H groups in total. The Morgan fingerprint density at radius 2 is 1.17 bits per heavy atom. The SMILES string of the molecule is CC(O)[C@H](NC(=O)[C@@H]1CSSC[C@H](NC(=O)[C@@H](Cc2ccccc2)NC(=O)CCCC(=O)NC23CNCCNCC(C)(CNCCNC2)CNCCNC3)C(=O)N[C@@H](Cc2ccc(O)cc2)C(=O)N[C@H](Cc2c[nH]c3ccccc23)C(=O)N[C@@H](CCCCN)C(=O)N[C@@H](C(C)O)C(=O)N1)C(=O)O. The molecular formula is C69H103N17O14S2. The number of hydrogen-bond donors (Lipinski definition) is 21. The van der Waals surface area contributed by atoms with E-state index >= 15 is 14.4 Å². The van der Waals surface area contributed by atoms with E-state index in [1.165, 1.54) is 31.2 Å². The number of nitrogens with two attached hydrogens (primary N) is 1. The highest BCUT2D eigenvalue weighted by Crippen LogP contribution is 2.25. The Balaban J connectivity index is 1.19. The zero-order chi connectivity index (χ0) is 73.6. The van der Waals surface area contributed by atoms with Crippen molar-refractivity contribution in [3.63, 3.8) is 0 Å². The molecule has 4 saturated heterocycles. The van der Waals surface area contributed by atoms with Crippen molar-refractivity contribution in [1.82, 2.24) is 84.7 Å². The Morgan fingerprint density at radius 1 is 0.608 bits per heavy atom. The zero-order valence-corrected chi connectivity index (χ0v) is 59.7. The third-order valence-corrected chi connectivity index (χ3v) is 20.3. The van der Waals surface area contributed by atoms with Crippen LogP contribution in [0, 0.1) is 5.41 Å². The molecule has 0 saturated carbocycles. The summed E-state index contributed by atoms with van der Waals surface area (Å²) in [5, 5.41) is 88.2. The maximum atomic E-state index is 15.3. The van der Waals surface area contributed by atoms with Gasteiger partial charge in [0.2, 0.25) is 53.2 Å². The number of aliphatic hydroxyl groups is 2. The van der Waals surface area contributed by atoms with Gasteiger partial charge in [-0.2, -0.15) is 0 Å². The first-order chi connectivity index (χ1) is 48.9. The highest BCUT2D eigenvalue weighted by molar-refractivity contribution is 8.76. The van der Waals surface area contributed by atoms with Gasteiger partial charge in [-0.05, 0) is 81.0 Å². The summed E-state index contributed by atoms with van der Waals surface area (Å²) < 4.78 is 0. The monoisotopic (exact) mass is 1460 g/mol. The number of nitrogens with one attached hydrogen (secondary N) is 16. The maximum absolute atomic E-state index is 15.3. The number of aromatic nitrogens is 1. The lowest BCUT2D eigenvalue weighted by molar-refractivity contribution is -0.145. The first-order valence-electron chi connectivity index (χ1n) is 34.8. The highest BCUT2D eigenvalue weighted by atomic mass is 33.1. The maximum Gasteiger partial charge on any atom is 0.328 e. The van der Waals surface area contributed by atoms with Crippen LogP contribution in [0.15, 0.2) is 85.1 Å². The van der Waals surface area contributed by atoms with E-state index in [-0.39, 0.29) is 80.7 Å². The van der Waals surface area contributed by atoms with Gasteiger partial charge in [0.25, 0.3) is 0 Å². The van der Waals surface area contributed by atoms with Crippen LogP contribution < -0.4 is 85.5 Å². The Labute approximate surface area is 601 Å². The molecule has 4 aliphatic heterocycles. The number of aromatic amines is 1. The predicted molar refractivity (Wildman–Crippen MR) is 388 cm³/mol. The lowest BCUT2D eigenvalue weighted by Gasteiger charge is -2.37. The van der Waals surface area contributed by atoms with Crippen LogP contribution >= 0.6 is 21.6 Å². The Kier molecular flexibility index (Phi) is 33.0. The summed E-state index contributed by atoms with van der Waals surface area (Å²) in [6.45, 7) is 12.7. The van der Waals surface area contributed by atoms with Gasteiger partial charge in [-0.3, -0.25) is 43.2 Å². The van der Waals surface area contributed by atoms with Crippen molar-refractivity contribution >= 4 is 91.6 Å². The summed E-state index contributed by atoms with van der Waals surface area (Å²) in [4.78, 5) is 147. The van der Waals surface area contributed by atoms with Crippen LogP contribution in [0.25, 0.3) is 10.9 Å². The first-order valence-corrected chi connectivity index (χ1v) is 37.3. The fourth-order valence-electron chi connectivity index (χ4n) is 12.1. The number of benzene rings is 3. The number of para-hydroxylation sites is 1. The van der Waals surface area contributed by atoms with Gasteiger partial charge in [-0.25, -0.2) is 4.79 Å². The van der Waals surface area contributed by atoms with Crippen molar-refractivity contribution in [3.8, 4) is 5.75 Å². The highest BCUT2D eigenvalue weighted by Gasteiger charge is 2.39. The lowest BCUT2D eigenvalue weighted by atomic mass is 9.90. The molecule has 2 bridgehead atoms. The third kappa shape index (κ3) is 26.4. The number of carbonyl (C=O) groups is 10. The van der Waals surface area contributed by atoms with Gasteiger partial charge in [-0.1, -0.05) is 89.2 Å². The van der Waals surface area contributed by atoms with Crippen LogP contribution in [0.4, 0.5) is 0 Å². The molecular weight excluding hydrogens is 1350 g/mol. The van der Waals surface area contributed by atoms with Crippen molar-refractivity contribution in [2.75, 3.05) is 96.6 Å². The van der Waals surface area contributed by atoms with Gasteiger partial charge in [0.1, 0.15) is 48.0 Å². The number of aromatic hydroxyl groups is 1. The van der Waals surface area contributed by atoms with Gasteiger partial charge in [0.15, 0.2) is 6.04 Å². The molecule has 4 aliphatic rings. The van der Waals surface area contributed by atoms with Crippen LogP contribution in [0.3, 0.4) is 0 Å². The molecule has 10 atom stereocenters. The van der Waals surface area contributed by atoms with Crippen LogP contribution in [0.5, 0.6) is 5.75 Å². The number of amides is 9. The zero-order valence-electron chi connectivity index (χ0n) is 58.1. The van der Waals surface area contributed by atoms with Crippen molar-refractivity contribution < 1.29 is 68.4 Å². The fourth-order valence-corrected chi connectivity index (χ4v) is 14.4. The predicted octanol–water partition coefficient (Wildman–Crippen LogP) is -3.25. The molecule has 2 unspecified atom stereocenters. The second-order valence-electron chi connectivity index (χ2n) is 26.7. The summed E-state index contributed by atoms with van der Waals surface area (Å²) in [5.41, 5.74) is 7.41. The number of phenolic OH excluding ortho intramolecular Hbond substituents is 1. The molecule has 4 fully saturated rings. The second kappa shape index (κ2) is 41.4. The number of carboxylic acid groups (broad SMARTS) is 1. The molecule has 5 heterocycles. The van der Waals surface area contributed by atoms with E-state index in [1.807, 2.05) is 6.07 Å². The van der Waals surface area contributed by atoms with Gasteiger partial charge in [0.05, 0.1) is 17.7 Å². The van der Waals surface area contributed by atoms with Crippen molar-refractivity contribution in [2.24, 2.45) is 11.1 Å². The first kappa shape index (κ1) is 81.3. The second-order valence-corrected chi connectivity index (χ2v) is 29.3. The quantitative estimate of drug-likeness (QED) is 0.0256. The Bertz CT molecular complexity index is 3360. The number of H-pyrrole nitrogens is 1. The summed E-state index contributed by atoms with van der Waals surface area (Å²) in [5.74, 6) is -10.1. The van der Waals surface area contributed by atoms with E-state index in [9.17, 15) is 54.0 Å². The Morgan fingerprint density at radius 3 is 1.77 bits per heavy atom. The lowest BCUT2D eigenvalue weighted by Crippen LogP contribution is -2.66. The number of carbonyl (C=O) groups excluding carboxylic acids is 9. The molecule has 33 heteroatoms. The van der Waals surface area contributed by atoms with Crippen molar-refractivity contribution in [1.29, 1.82) is 0 Å². The van der Waals surface area contributed by atoms with Crippen molar-refractivity contribution in [3.05, 3.63) is 102 Å². The standard InChI is InChI=1S/C69H103N17O14S2/c1-42(87)58-66(98)83-55(65(97)85-59(43(2)88)67(99)100)35-102-101-34-54(64(96)80-52(31-45-19-21-47(89)22-20-45)62(94)81-53(32-46-33-77-49-15-8-7-14-48(46)49)63(95)79-50(60(92)84-58)16-9-10-23-70)82-61(93)51(30-44-12-5-4-6-13-44)78-56(90)17-11-18-57(91)86-69-39-74-27-24-71-36-68(3,37-72-25-28-75-40-69)38-73-26-29-76-41-69/h4-8,12-15,19-22,33,42-43,50-55,58-59,71-77,87-89H,9-11,16-18,23-32,34-41,70H2,1-3H3,(H,78,90)(H,79,95)(H,80,96)(H,81,94)(H,82,93)(H,83,98)(H,84,92)(H,85,97)(H,86,91)(H,99,100)/t42?,43?,50-,51+,52-,53+,54-,55-,58-,59-,68?,69?/m0/s1. The van der Waals surface area contributed by atoms with Gasteiger partial charge >= 0.3 is 5.97 Å². The van der Waals surface area contributed by atoms with E-state index in [1.54, 1.807) is 54.7 Å². The Hall–Kier alpha value is -7.96. The minimum absolute atomic E-state index is 0.00361. The number of rotatable bonds is 23. The summed E-state index contributed by atoms with van der Waals surface area (Å²) in [7, 11) is 1.77. The van der Waals surface area contributed by atoms with Gasteiger partial charge in [-0.15, -0.1) is 0 Å². The average Bonchev–Trinajstić information content (AvgIpc) is 1.59. The molecule has 31 nitrogen and oxygen atoms in total. The minimum Gasteiger partial charge on any atom is -0.508 e. The minimum atomic E-state index is -1.87. The smallest absolute Gasteiger partial charge is 0.328 e. The number of aliphatic hydroxyl groups excluding tert-OH is 2. The number of fused-ring (bicyclic) bond motifs is 16. The molecule has 0 spiro atoms. The largest absolute Gasteiger partial charge is 0.508 e. The van der Waals surface area contributed by atoms with E-state index in [2.05, 4.69) is 91.7 Å². The number of aliphatic carboxylic acids is 1. The molecule has 8 rings (SSSR count). The molecule has 0 aliphatic carbocycles. The van der Waals surface area contributed by atoms with Crippen molar-refractivity contribution in [2.45, 2.75) is 145 Å². The molecule has 0 radical (unpaired) electrons. The van der Waals surface area contributed by atoms with E-state index in [4.69, 9.17) is 5.73 Å². The average molecular weight is 1460 g/mol. The number of phenols is 1. The number of unbranched alkanes of at least 4 members (excludes halogenated alkanes) is 1. The molecule has 9 amide bonds. The van der Waals surface area contributed by atoms with Crippen LogP contribution in [-0.2, 0) is 67.2 Å². The normalized spacial score (nSPS) is 25.0. The molecule has 102 heavy (non-hydrogen) atoms. The van der Waals surface area contributed by atoms with Gasteiger partial charge < -0.3 is 111 Å². The number of hydrogen-bond acceptors (Lipinski definition) is 22. The van der Waals surface area contributed by atoms with Gasteiger partial charge in [0, 0.05) is 145 Å². The summed E-state index contributed by atoms with van der Waals surface area (Å²) >= 11 is 0. The molecule has 4 aromatic rings. The number of carboxylic acids is 1. The summed E-state index contributed by atoms with van der Waals surface area (Å²) in [6.07, 6.45) is -1.69. The fraction of sp³-hybridized carbons (Fsp3) is 0.565. The van der Waals surface area contributed by atoms with E-state index in [0.717, 1.165) is 48.1 Å².